The van der Waals surface area contributed by atoms with E-state index in [2.05, 4.69) is 10.4 Å². The molecule has 0 aliphatic heterocycles. The molecule has 1 aromatic carbocycles. The lowest BCUT2D eigenvalue weighted by molar-refractivity contribution is 0.740. The van der Waals surface area contributed by atoms with Crippen molar-refractivity contribution in [2.75, 3.05) is 7.05 Å². The lowest BCUT2D eigenvalue weighted by Crippen LogP contribution is -2.18. The van der Waals surface area contributed by atoms with Crippen LogP contribution in [0.25, 0.3) is 5.69 Å². The molecule has 0 saturated carbocycles. The molecule has 1 heterocycles. The number of para-hydroxylation sites is 1. The number of aromatic amines is 1. The van der Waals surface area contributed by atoms with Gasteiger partial charge < -0.3 is 5.32 Å². The van der Waals surface area contributed by atoms with Crippen LogP contribution in [0.3, 0.4) is 0 Å². The Hall–Kier alpha value is -1.81. The highest BCUT2D eigenvalue weighted by molar-refractivity contribution is 5.33. The molecule has 4 nitrogen and oxygen atoms in total. The van der Waals surface area contributed by atoms with Crippen LogP contribution >= 0.6 is 0 Å². The van der Waals surface area contributed by atoms with Gasteiger partial charge in [0.05, 0.1) is 11.4 Å². The summed E-state index contributed by atoms with van der Waals surface area (Å²) in [5.41, 5.74) is 2.72. The number of hydrogen-bond donors (Lipinski definition) is 2. The van der Waals surface area contributed by atoms with E-state index in [1.165, 1.54) is 0 Å². The molecule has 0 atom stereocenters. The Morgan fingerprint density at radius 1 is 1.28 bits per heavy atom. The Kier molecular flexibility index (Phi) is 3.67. The Morgan fingerprint density at radius 2 is 1.94 bits per heavy atom. The third-order valence-electron chi connectivity index (χ3n) is 2.95. The largest absolute Gasteiger partial charge is 0.314 e. The van der Waals surface area contributed by atoms with Gasteiger partial charge in [0.2, 0.25) is 0 Å². The quantitative estimate of drug-likeness (QED) is 0.865. The van der Waals surface area contributed by atoms with Gasteiger partial charge >= 0.3 is 0 Å². The summed E-state index contributed by atoms with van der Waals surface area (Å²) in [4.78, 5) is 12.4. The summed E-state index contributed by atoms with van der Waals surface area (Å²) in [5, 5.41) is 6.28. The van der Waals surface area contributed by atoms with Crippen molar-refractivity contribution >= 4 is 0 Å². The Morgan fingerprint density at radius 3 is 2.50 bits per heavy atom. The van der Waals surface area contributed by atoms with Crippen LogP contribution in [-0.4, -0.2) is 16.8 Å². The minimum Gasteiger partial charge on any atom is -0.314 e. The molecule has 0 radical (unpaired) electrons. The SMILES string of the molecule is CNCc1[nH]n(-c2ccccc2)c(=O)c1C(C)C. The first-order valence-electron chi connectivity index (χ1n) is 6.19. The first-order chi connectivity index (χ1) is 8.65. The van der Waals surface area contributed by atoms with Gasteiger partial charge in [0, 0.05) is 12.1 Å². The smallest absolute Gasteiger partial charge is 0.274 e. The van der Waals surface area contributed by atoms with E-state index in [0.29, 0.717) is 6.54 Å². The molecular formula is C14H19N3O. The van der Waals surface area contributed by atoms with Crippen molar-refractivity contribution in [2.45, 2.75) is 26.3 Å². The topological polar surface area (TPSA) is 49.8 Å². The van der Waals surface area contributed by atoms with Crippen molar-refractivity contribution in [2.24, 2.45) is 0 Å². The summed E-state index contributed by atoms with van der Waals surface area (Å²) in [6.45, 7) is 4.75. The third-order valence-corrected chi connectivity index (χ3v) is 2.95. The van der Waals surface area contributed by atoms with Gasteiger partial charge in [0.25, 0.3) is 5.56 Å². The monoisotopic (exact) mass is 245 g/mol. The van der Waals surface area contributed by atoms with Crippen molar-refractivity contribution in [3.63, 3.8) is 0 Å². The van der Waals surface area contributed by atoms with Crippen LogP contribution in [0.2, 0.25) is 0 Å². The Bertz CT molecular complexity index is 566. The third kappa shape index (κ3) is 2.24. The Balaban J connectivity index is 2.57. The minimum atomic E-state index is 0.0430. The standard InChI is InChI=1S/C14H19N3O/c1-10(2)13-12(9-15-3)16-17(14(13)18)11-7-5-4-6-8-11/h4-8,10,15-16H,9H2,1-3H3. The molecule has 4 heteroatoms. The van der Waals surface area contributed by atoms with Gasteiger partial charge in [-0.25, -0.2) is 4.68 Å². The second kappa shape index (κ2) is 5.23. The lowest BCUT2D eigenvalue weighted by Gasteiger charge is -2.03. The number of nitrogens with zero attached hydrogens (tertiary/aromatic N) is 1. The molecule has 1 aromatic heterocycles. The van der Waals surface area contributed by atoms with Crippen LogP contribution in [0, 0.1) is 0 Å². The molecule has 0 spiro atoms. The fourth-order valence-electron chi connectivity index (χ4n) is 2.16. The van der Waals surface area contributed by atoms with Crippen LogP contribution in [0.5, 0.6) is 0 Å². The normalized spacial score (nSPS) is 11.1. The molecule has 2 rings (SSSR count). The first kappa shape index (κ1) is 12.6. The van der Waals surface area contributed by atoms with Crippen molar-refractivity contribution in [3.05, 3.63) is 51.9 Å². The van der Waals surface area contributed by atoms with Gasteiger partial charge in [-0.3, -0.25) is 9.89 Å². The highest BCUT2D eigenvalue weighted by Crippen LogP contribution is 2.15. The van der Waals surface area contributed by atoms with E-state index >= 15 is 0 Å². The van der Waals surface area contributed by atoms with E-state index in [0.717, 1.165) is 16.9 Å². The maximum atomic E-state index is 12.4. The van der Waals surface area contributed by atoms with Gasteiger partial charge in [-0.15, -0.1) is 0 Å². The summed E-state index contributed by atoms with van der Waals surface area (Å²) in [6, 6.07) is 9.64. The van der Waals surface area contributed by atoms with Gasteiger partial charge in [0.15, 0.2) is 0 Å². The van der Waals surface area contributed by atoms with Gasteiger partial charge in [-0.1, -0.05) is 32.0 Å². The number of rotatable bonds is 4. The molecule has 0 bridgehead atoms. The number of H-pyrrole nitrogens is 1. The van der Waals surface area contributed by atoms with Crippen LogP contribution in [0.15, 0.2) is 35.1 Å². The zero-order chi connectivity index (χ0) is 13.1. The number of hydrogen-bond acceptors (Lipinski definition) is 2. The first-order valence-corrected chi connectivity index (χ1v) is 6.19. The summed E-state index contributed by atoms with van der Waals surface area (Å²) in [6.07, 6.45) is 0. The summed E-state index contributed by atoms with van der Waals surface area (Å²) >= 11 is 0. The number of nitrogens with one attached hydrogen (secondary N) is 2. The average Bonchev–Trinajstić information content (AvgIpc) is 2.68. The fourth-order valence-corrected chi connectivity index (χ4v) is 2.16. The molecule has 0 fully saturated rings. The van der Waals surface area contributed by atoms with E-state index < -0.39 is 0 Å². The van der Waals surface area contributed by atoms with E-state index in [9.17, 15) is 4.79 Å². The van der Waals surface area contributed by atoms with Crippen LogP contribution < -0.4 is 10.9 Å². The molecule has 0 aliphatic rings. The molecule has 2 N–H and O–H groups in total. The minimum absolute atomic E-state index is 0.0430. The van der Waals surface area contributed by atoms with E-state index in [1.807, 2.05) is 51.2 Å². The molecule has 0 saturated heterocycles. The van der Waals surface area contributed by atoms with Crippen LogP contribution in [-0.2, 0) is 6.54 Å². The number of benzene rings is 1. The molecule has 0 aliphatic carbocycles. The molecule has 2 aromatic rings. The zero-order valence-corrected chi connectivity index (χ0v) is 11.0. The second-order valence-electron chi connectivity index (χ2n) is 4.67. The average molecular weight is 245 g/mol. The van der Waals surface area contributed by atoms with Gasteiger partial charge in [-0.05, 0) is 25.1 Å². The van der Waals surface area contributed by atoms with E-state index in [4.69, 9.17) is 0 Å². The van der Waals surface area contributed by atoms with E-state index in [-0.39, 0.29) is 11.5 Å². The van der Waals surface area contributed by atoms with Gasteiger partial charge in [0.1, 0.15) is 0 Å². The molecule has 18 heavy (non-hydrogen) atoms. The maximum Gasteiger partial charge on any atom is 0.274 e. The Labute approximate surface area is 107 Å². The zero-order valence-electron chi connectivity index (χ0n) is 11.0. The summed E-state index contributed by atoms with van der Waals surface area (Å²) in [7, 11) is 1.88. The van der Waals surface area contributed by atoms with Crippen molar-refractivity contribution in [1.29, 1.82) is 0 Å². The second-order valence-corrected chi connectivity index (χ2v) is 4.67. The predicted molar refractivity (Wildman–Crippen MR) is 73.2 cm³/mol. The van der Waals surface area contributed by atoms with Crippen molar-refractivity contribution in [1.82, 2.24) is 15.1 Å². The highest BCUT2D eigenvalue weighted by Gasteiger charge is 2.17. The van der Waals surface area contributed by atoms with E-state index in [1.54, 1.807) is 4.68 Å². The highest BCUT2D eigenvalue weighted by atomic mass is 16.1. The van der Waals surface area contributed by atoms with Crippen molar-refractivity contribution < 1.29 is 0 Å². The molecule has 0 unspecified atom stereocenters. The fraction of sp³-hybridized carbons (Fsp3) is 0.357. The van der Waals surface area contributed by atoms with Crippen molar-refractivity contribution in [3.8, 4) is 5.69 Å². The molecule has 0 amide bonds. The molecular weight excluding hydrogens is 226 g/mol. The summed E-state index contributed by atoms with van der Waals surface area (Å²) in [5.74, 6) is 0.210. The summed E-state index contributed by atoms with van der Waals surface area (Å²) < 4.78 is 1.61. The number of aromatic nitrogens is 2. The van der Waals surface area contributed by atoms with Gasteiger partial charge in [-0.2, -0.15) is 0 Å². The lowest BCUT2D eigenvalue weighted by atomic mass is 10.0. The molecule has 96 valence electrons. The predicted octanol–water partition coefficient (Wildman–Crippen LogP) is 2.01. The van der Waals surface area contributed by atoms with Crippen LogP contribution in [0.1, 0.15) is 31.0 Å². The maximum absolute atomic E-state index is 12.4. The van der Waals surface area contributed by atoms with Crippen LogP contribution in [0.4, 0.5) is 0 Å².